The molecule has 2 atom stereocenters. The van der Waals surface area contributed by atoms with E-state index in [-0.39, 0.29) is 0 Å². The highest BCUT2D eigenvalue weighted by atomic mass is 127. The lowest BCUT2D eigenvalue weighted by Gasteiger charge is -2.22. The molecule has 100 valence electrons. The van der Waals surface area contributed by atoms with Crippen molar-refractivity contribution in [3.05, 3.63) is 21.8 Å². The number of aromatic nitrogens is 2. The van der Waals surface area contributed by atoms with Crippen LogP contribution < -0.4 is 5.73 Å². The molecule has 0 radical (unpaired) electrons. The summed E-state index contributed by atoms with van der Waals surface area (Å²) in [7, 11) is 0. The van der Waals surface area contributed by atoms with E-state index in [4.69, 9.17) is 5.73 Å². The topological polar surface area (TPSA) is 47.1 Å². The van der Waals surface area contributed by atoms with E-state index in [1.54, 1.807) is 0 Å². The van der Waals surface area contributed by atoms with Gasteiger partial charge in [-0.25, -0.2) is 4.98 Å². The number of fused-ring (bicyclic) bond motifs is 2. The molecule has 2 aromatic rings. The van der Waals surface area contributed by atoms with Gasteiger partial charge in [-0.2, -0.15) is 0 Å². The zero-order chi connectivity index (χ0) is 13.0. The number of nitrogens with zero attached hydrogens (tertiary/aromatic N) is 3. The molecule has 2 unspecified atom stereocenters. The Morgan fingerprint density at radius 1 is 1.21 bits per heavy atom. The lowest BCUT2D eigenvalue weighted by molar-refractivity contribution is 0.293. The number of nitrogens with two attached hydrogens (primary N) is 1. The quantitative estimate of drug-likeness (QED) is 0.788. The zero-order valence-electron chi connectivity index (χ0n) is 10.7. The van der Waals surface area contributed by atoms with Crippen molar-refractivity contribution >= 4 is 39.6 Å². The molecule has 0 spiro atoms. The first kappa shape index (κ1) is 12.0. The molecule has 0 aliphatic carbocycles. The van der Waals surface area contributed by atoms with Crippen LogP contribution in [0.5, 0.6) is 0 Å². The average Bonchev–Trinajstić information content (AvgIpc) is 3.02. The molecule has 2 aliphatic rings. The normalized spacial score (nSPS) is 27.2. The van der Waals surface area contributed by atoms with E-state index >= 15 is 0 Å². The minimum absolute atomic E-state index is 0.507. The minimum Gasteiger partial charge on any atom is -0.369 e. The van der Waals surface area contributed by atoms with Gasteiger partial charge in [-0.05, 0) is 66.6 Å². The van der Waals surface area contributed by atoms with Crippen LogP contribution in [0.1, 0.15) is 25.3 Å². The molecule has 0 amide bonds. The van der Waals surface area contributed by atoms with Gasteiger partial charge in [-0.3, -0.25) is 4.90 Å². The van der Waals surface area contributed by atoms with Gasteiger partial charge in [-0.15, -0.1) is 0 Å². The van der Waals surface area contributed by atoms with Crippen LogP contribution in [0.2, 0.25) is 0 Å². The Kier molecular flexibility index (Phi) is 2.73. The number of rotatable bonds is 1. The molecule has 5 heteroatoms. The van der Waals surface area contributed by atoms with Crippen molar-refractivity contribution in [1.82, 2.24) is 14.5 Å². The summed E-state index contributed by atoms with van der Waals surface area (Å²) in [5.41, 5.74) is 8.42. The fraction of sp³-hybridized carbons (Fsp3) is 0.500. The number of halogens is 1. The molecule has 4 rings (SSSR count). The minimum atomic E-state index is 0.507. The van der Waals surface area contributed by atoms with E-state index in [9.17, 15) is 0 Å². The van der Waals surface area contributed by atoms with Gasteiger partial charge in [0.1, 0.15) is 0 Å². The molecule has 3 heterocycles. The van der Waals surface area contributed by atoms with E-state index in [1.165, 1.54) is 41.4 Å². The SMILES string of the molecule is Nc1nc2cc(I)ccc2n1C1CCN2CCCC12. The summed E-state index contributed by atoms with van der Waals surface area (Å²) < 4.78 is 3.49. The van der Waals surface area contributed by atoms with Crippen molar-refractivity contribution in [2.75, 3.05) is 18.8 Å². The van der Waals surface area contributed by atoms with Gasteiger partial charge in [0, 0.05) is 16.2 Å². The third kappa shape index (κ3) is 1.78. The Labute approximate surface area is 126 Å². The fourth-order valence-corrected chi connectivity index (χ4v) is 4.27. The molecule has 2 fully saturated rings. The predicted molar refractivity (Wildman–Crippen MR) is 85.1 cm³/mol. The first-order valence-electron chi connectivity index (χ1n) is 6.91. The van der Waals surface area contributed by atoms with Gasteiger partial charge in [0.2, 0.25) is 5.95 Å². The maximum absolute atomic E-state index is 6.20. The number of benzene rings is 1. The van der Waals surface area contributed by atoms with Crippen molar-refractivity contribution in [3.8, 4) is 0 Å². The third-order valence-electron chi connectivity index (χ3n) is 4.58. The highest BCUT2D eigenvalue weighted by Crippen LogP contribution is 2.39. The number of anilines is 1. The second-order valence-electron chi connectivity index (χ2n) is 5.57. The molecule has 2 aliphatic heterocycles. The molecule has 2 N–H and O–H groups in total. The Morgan fingerprint density at radius 2 is 2.11 bits per heavy atom. The Morgan fingerprint density at radius 3 is 3.00 bits per heavy atom. The molecule has 4 nitrogen and oxygen atoms in total. The Bertz CT molecular complexity index is 636. The summed E-state index contributed by atoms with van der Waals surface area (Å²) in [6, 6.07) is 7.59. The van der Waals surface area contributed by atoms with Crippen molar-refractivity contribution < 1.29 is 0 Å². The maximum atomic E-state index is 6.20. The first-order valence-corrected chi connectivity index (χ1v) is 7.99. The van der Waals surface area contributed by atoms with E-state index < -0.39 is 0 Å². The van der Waals surface area contributed by atoms with Crippen molar-refractivity contribution in [2.24, 2.45) is 0 Å². The fourth-order valence-electron chi connectivity index (χ4n) is 3.80. The average molecular weight is 368 g/mol. The van der Waals surface area contributed by atoms with E-state index in [2.05, 4.69) is 55.2 Å². The van der Waals surface area contributed by atoms with Gasteiger partial charge in [0.25, 0.3) is 0 Å². The summed E-state index contributed by atoms with van der Waals surface area (Å²) in [5, 5.41) is 0. The van der Waals surface area contributed by atoms with Crippen LogP contribution in [0, 0.1) is 3.57 Å². The monoisotopic (exact) mass is 368 g/mol. The number of hydrogen-bond donors (Lipinski definition) is 1. The third-order valence-corrected chi connectivity index (χ3v) is 5.25. The van der Waals surface area contributed by atoms with Crippen LogP contribution in [0.3, 0.4) is 0 Å². The van der Waals surface area contributed by atoms with Crippen LogP contribution in [0.15, 0.2) is 18.2 Å². The lowest BCUT2D eigenvalue weighted by Crippen LogP contribution is -2.28. The summed E-state index contributed by atoms with van der Waals surface area (Å²) >= 11 is 2.32. The number of hydrogen-bond acceptors (Lipinski definition) is 3. The van der Waals surface area contributed by atoms with Crippen LogP contribution in [0.25, 0.3) is 11.0 Å². The summed E-state index contributed by atoms with van der Waals surface area (Å²) in [6.07, 6.45) is 3.83. The molecular weight excluding hydrogens is 351 g/mol. The van der Waals surface area contributed by atoms with Crippen LogP contribution >= 0.6 is 22.6 Å². The predicted octanol–water partition coefficient (Wildman–Crippen LogP) is 2.63. The highest BCUT2D eigenvalue weighted by molar-refractivity contribution is 14.1. The summed E-state index contributed by atoms with van der Waals surface area (Å²) in [6.45, 7) is 2.46. The van der Waals surface area contributed by atoms with Gasteiger partial charge in [0.15, 0.2) is 0 Å². The lowest BCUT2D eigenvalue weighted by atomic mass is 10.1. The van der Waals surface area contributed by atoms with Crippen LogP contribution in [-0.4, -0.2) is 33.6 Å². The van der Waals surface area contributed by atoms with Gasteiger partial charge >= 0.3 is 0 Å². The zero-order valence-corrected chi connectivity index (χ0v) is 12.9. The second-order valence-corrected chi connectivity index (χ2v) is 6.82. The van der Waals surface area contributed by atoms with Gasteiger partial charge < -0.3 is 10.3 Å². The van der Waals surface area contributed by atoms with Gasteiger partial charge in [-0.1, -0.05) is 0 Å². The molecule has 1 aromatic heterocycles. The van der Waals surface area contributed by atoms with E-state index in [0.29, 0.717) is 18.0 Å². The Hall–Kier alpha value is -0.820. The summed E-state index contributed by atoms with van der Waals surface area (Å²) in [4.78, 5) is 7.16. The van der Waals surface area contributed by atoms with E-state index in [1.807, 2.05) is 0 Å². The first-order chi connectivity index (χ1) is 9.24. The number of imidazole rings is 1. The largest absolute Gasteiger partial charge is 0.369 e. The van der Waals surface area contributed by atoms with Crippen molar-refractivity contribution in [2.45, 2.75) is 31.3 Å². The number of nitrogen functional groups attached to an aromatic ring is 1. The summed E-state index contributed by atoms with van der Waals surface area (Å²) in [5.74, 6) is 0.677. The smallest absolute Gasteiger partial charge is 0.201 e. The van der Waals surface area contributed by atoms with E-state index in [0.717, 1.165) is 5.52 Å². The molecular formula is C14H17IN4. The molecule has 19 heavy (non-hydrogen) atoms. The second kappa shape index (κ2) is 4.34. The van der Waals surface area contributed by atoms with Gasteiger partial charge in [0.05, 0.1) is 17.1 Å². The Balaban J connectivity index is 1.84. The molecule has 0 saturated carbocycles. The highest BCUT2D eigenvalue weighted by Gasteiger charge is 2.39. The molecule has 2 saturated heterocycles. The van der Waals surface area contributed by atoms with Crippen molar-refractivity contribution in [3.63, 3.8) is 0 Å². The van der Waals surface area contributed by atoms with Crippen LogP contribution in [0.4, 0.5) is 5.95 Å². The van der Waals surface area contributed by atoms with Crippen molar-refractivity contribution in [1.29, 1.82) is 0 Å². The molecule has 1 aromatic carbocycles. The standard InChI is InChI=1S/C14H17IN4/c15-9-3-4-11-10(8-9)17-14(16)19(11)13-5-7-18-6-1-2-12(13)18/h3-4,8,12-13H,1-2,5-7H2,(H2,16,17). The maximum Gasteiger partial charge on any atom is 0.201 e. The van der Waals surface area contributed by atoms with Crippen LogP contribution in [-0.2, 0) is 0 Å². The molecule has 0 bridgehead atoms.